The molecular formula is C28H35NO2. The standard InChI is InChI=1S/C28H35NO2/c1-4-26(31-25-10-5-18(2)19(3)11-25)27(30)29-24-8-6-23(7-9-24)28-15-20-12-21(16-28)14-22(13-20)17-28/h5-11,20-22,26H,4,12-17H2,1-3H3,(H,29,30)/t20?,21?,22?,26-,28?/m0/s1. The Labute approximate surface area is 186 Å². The predicted octanol–water partition coefficient (Wildman–Crippen LogP) is 6.57. The maximum Gasteiger partial charge on any atom is 0.265 e. The van der Waals surface area contributed by atoms with E-state index in [-0.39, 0.29) is 5.91 Å². The number of aryl methyl sites for hydroxylation is 2. The van der Waals surface area contributed by atoms with Crippen LogP contribution >= 0.6 is 0 Å². The number of carbonyl (C=O) groups excluding carboxylic acids is 1. The van der Waals surface area contributed by atoms with E-state index in [1.165, 1.54) is 55.2 Å². The highest BCUT2D eigenvalue weighted by Gasteiger charge is 2.51. The molecule has 1 atom stereocenters. The van der Waals surface area contributed by atoms with Gasteiger partial charge in [0, 0.05) is 5.69 Å². The van der Waals surface area contributed by atoms with E-state index >= 15 is 0 Å². The van der Waals surface area contributed by atoms with Crippen molar-refractivity contribution in [3.05, 3.63) is 59.2 Å². The average molecular weight is 418 g/mol. The van der Waals surface area contributed by atoms with Crippen LogP contribution in [-0.2, 0) is 10.2 Å². The minimum absolute atomic E-state index is 0.0803. The molecule has 0 aromatic heterocycles. The van der Waals surface area contributed by atoms with Crippen molar-refractivity contribution in [2.24, 2.45) is 17.8 Å². The van der Waals surface area contributed by atoms with Crippen LogP contribution in [0.1, 0.15) is 68.6 Å². The van der Waals surface area contributed by atoms with Crippen LogP contribution in [-0.4, -0.2) is 12.0 Å². The zero-order chi connectivity index (χ0) is 21.6. The number of benzene rings is 2. The summed E-state index contributed by atoms with van der Waals surface area (Å²) in [5, 5.41) is 3.08. The van der Waals surface area contributed by atoms with Gasteiger partial charge in [0.1, 0.15) is 5.75 Å². The Morgan fingerprint density at radius 3 is 2.13 bits per heavy atom. The highest BCUT2D eigenvalue weighted by Crippen LogP contribution is 2.60. The van der Waals surface area contributed by atoms with Crippen molar-refractivity contribution in [2.45, 2.75) is 77.2 Å². The van der Waals surface area contributed by atoms with Crippen molar-refractivity contribution in [2.75, 3.05) is 5.32 Å². The smallest absolute Gasteiger partial charge is 0.265 e. The summed E-state index contributed by atoms with van der Waals surface area (Å²) in [4.78, 5) is 12.9. The largest absolute Gasteiger partial charge is 0.481 e. The summed E-state index contributed by atoms with van der Waals surface area (Å²) in [5.74, 6) is 3.50. The third-order valence-corrected chi connectivity index (χ3v) is 8.22. The summed E-state index contributed by atoms with van der Waals surface area (Å²) in [7, 11) is 0. The third kappa shape index (κ3) is 4.00. The molecule has 0 radical (unpaired) electrons. The van der Waals surface area contributed by atoms with Gasteiger partial charge in [-0.25, -0.2) is 0 Å². The molecule has 164 valence electrons. The van der Waals surface area contributed by atoms with Gasteiger partial charge in [-0.1, -0.05) is 25.1 Å². The quantitative estimate of drug-likeness (QED) is 0.577. The monoisotopic (exact) mass is 417 g/mol. The number of ether oxygens (including phenoxy) is 1. The fourth-order valence-electron chi connectivity index (χ4n) is 6.87. The summed E-state index contributed by atoms with van der Waals surface area (Å²) in [6.07, 6.45) is 8.63. The molecule has 3 heteroatoms. The molecule has 4 bridgehead atoms. The van der Waals surface area contributed by atoms with Gasteiger partial charge >= 0.3 is 0 Å². The topological polar surface area (TPSA) is 38.3 Å². The van der Waals surface area contributed by atoms with Gasteiger partial charge in [0.05, 0.1) is 0 Å². The number of rotatable bonds is 6. The Morgan fingerprint density at radius 1 is 0.968 bits per heavy atom. The first-order chi connectivity index (χ1) is 14.9. The van der Waals surface area contributed by atoms with Gasteiger partial charge in [0.25, 0.3) is 5.91 Å². The van der Waals surface area contributed by atoms with E-state index in [0.29, 0.717) is 11.8 Å². The first-order valence-electron chi connectivity index (χ1n) is 12.1. The molecule has 1 N–H and O–H groups in total. The van der Waals surface area contributed by atoms with Crippen molar-refractivity contribution < 1.29 is 9.53 Å². The summed E-state index contributed by atoms with van der Waals surface area (Å²) in [6.45, 7) is 6.13. The van der Waals surface area contributed by atoms with E-state index in [1.54, 1.807) is 0 Å². The highest BCUT2D eigenvalue weighted by atomic mass is 16.5. The molecule has 3 nitrogen and oxygen atoms in total. The van der Waals surface area contributed by atoms with E-state index in [4.69, 9.17) is 4.74 Å². The van der Waals surface area contributed by atoms with Crippen molar-refractivity contribution in [1.29, 1.82) is 0 Å². The fraction of sp³-hybridized carbons (Fsp3) is 0.536. The first kappa shape index (κ1) is 20.6. The zero-order valence-electron chi connectivity index (χ0n) is 19.1. The van der Waals surface area contributed by atoms with E-state index in [9.17, 15) is 4.79 Å². The van der Waals surface area contributed by atoms with Gasteiger partial charge in [-0.05, 0) is 123 Å². The lowest BCUT2D eigenvalue weighted by atomic mass is 9.48. The second-order valence-corrected chi connectivity index (χ2v) is 10.5. The molecule has 4 fully saturated rings. The zero-order valence-corrected chi connectivity index (χ0v) is 19.1. The number of hydrogen-bond donors (Lipinski definition) is 1. The van der Waals surface area contributed by atoms with Crippen molar-refractivity contribution >= 4 is 11.6 Å². The Balaban J connectivity index is 1.26. The molecule has 0 spiro atoms. The molecule has 0 aliphatic heterocycles. The van der Waals surface area contributed by atoms with E-state index in [0.717, 1.165) is 29.2 Å². The third-order valence-electron chi connectivity index (χ3n) is 8.22. The second kappa shape index (κ2) is 8.00. The molecule has 0 heterocycles. The molecule has 31 heavy (non-hydrogen) atoms. The number of hydrogen-bond acceptors (Lipinski definition) is 2. The normalized spacial score (nSPS) is 29.6. The fourth-order valence-corrected chi connectivity index (χ4v) is 6.87. The number of amides is 1. The van der Waals surface area contributed by atoms with Crippen LogP contribution in [0.25, 0.3) is 0 Å². The van der Waals surface area contributed by atoms with Crippen molar-refractivity contribution in [3.8, 4) is 5.75 Å². The predicted molar refractivity (Wildman–Crippen MR) is 126 cm³/mol. The molecule has 4 saturated carbocycles. The van der Waals surface area contributed by atoms with Crippen LogP contribution in [0.4, 0.5) is 5.69 Å². The average Bonchev–Trinajstić information content (AvgIpc) is 2.74. The van der Waals surface area contributed by atoms with Gasteiger partial charge in [-0.2, -0.15) is 0 Å². The molecule has 4 aliphatic rings. The second-order valence-electron chi connectivity index (χ2n) is 10.5. The first-order valence-corrected chi connectivity index (χ1v) is 12.1. The Bertz CT molecular complexity index is 926. The summed E-state index contributed by atoms with van der Waals surface area (Å²) >= 11 is 0. The molecule has 6 rings (SSSR count). The molecule has 4 aliphatic carbocycles. The van der Waals surface area contributed by atoms with Gasteiger partial charge < -0.3 is 10.1 Å². The number of anilines is 1. The Kier molecular flexibility index (Phi) is 5.32. The summed E-state index contributed by atoms with van der Waals surface area (Å²) < 4.78 is 6.01. The maximum atomic E-state index is 12.9. The van der Waals surface area contributed by atoms with Crippen LogP contribution in [0.5, 0.6) is 5.75 Å². The van der Waals surface area contributed by atoms with Crippen molar-refractivity contribution in [3.63, 3.8) is 0 Å². The minimum atomic E-state index is -0.495. The van der Waals surface area contributed by atoms with Gasteiger partial charge in [0.2, 0.25) is 0 Å². The lowest BCUT2D eigenvalue weighted by Gasteiger charge is -2.57. The lowest BCUT2D eigenvalue weighted by Crippen LogP contribution is -2.48. The van der Waals surface area contributed by atoms with Crippen LogP contribution in [0.15, 0.2) is 42.5 Å². The highest BCUT2D eigenvalue weighted by molar-refractivity contribution is 5.94. The van der Waals surface area contributed by atoms with Crippen LogP contribution in [0, 0.1) is 31.6 Å². The number of nitrogens with one attached hydrogen (secondary N) is 1. The van der Waals surface area contributed by atoms with Crippen LogP contribution in [0.3, 0.4) is 0 Å². The van der Waals surface area contributed by atoms with Gasteiger partial charge in [0.15, 0.2) is 6.10 Å². The van der Waals surface area contributed by atoms with E-state index in [2.05, 4.69) is 43.4 Å². The molecule has 2 aromatic carbocycles. The summed E-state index contributed by atoms with van der Waals surface area (Å²) in [6, 6.07) is 14.7. The summed E-state index contributed by atoms with van der Waals surface area (Å²) in [5.41, 5.74) is 5.15. The molecule has 0 saturated heterocycles. The maximum absolute atomic E-state index is 12.9. The van der Waals surface area contributed by atoms with Gasteiger partial charge in [-0.15, -0.1) is 0 Å². The number of carbonyl (C=O) groups is 1. The molecule has 2 aromatic rings. The lowest BCUT2D eigenvalue weighted by molar-refractivity contribution is -0.122. The minimum Gasteiger partial charge on any atom is -0.481 e. The Morgan fingerprint density at radius 2 is 1.58 bits per heavy atom. The van der Waals surface area contributed by atoms with Crippen molar-refractivity contribution in [1.82, 2.24) is 0 Å². The van der Waals surface area contributed by atoms with Crippen LogP contribution in [0.2, 0.25) is 0 Å². The van der Waals surface area contributed by atoms with Crippen LogP contribution < -0.4 is 10.1 Å². The Hall–Kier alpha value is -2.29. The molecule has 1 amide bonds. The molecule has 0 unspecified atom stereocenters. The van der Waals surface area contributed by atoms with E-state index < -0.39 is 6.10 Å². The van der Waals surface area contributed by atoms with E-state index in [1.807, 2.05) is 25.1 Å². The van der Waals surface area contributed by atoms with Gasteiger partial charge in [-0.3, -0.25) is 4.79 Å². The SMILES string of the molecule is CC[C@H](Oc1ccc(C)c(C)c1)C(=O)Nc1ccc(C23CC4CC(CC(C4)C2)C3)cc1. The molecular weight excluding hydrogens is 382 g/mol.